The van der Waals surface area contributed by atoms with Gasteiger partial charge in [0.2, 0.25) is 0 Å². The van der Waals surface area contributed by atoms with E-state index < -0.39 is 41.3 Å². The topological polar surface area (TPSA) is 170 Å². The molecule has 2 aromatic rings. The van der Waals surface area contributed by atoms with Gasteiger partial charge in [0.05, 0.1) is 43.5 Å². The number of ether oxygens (including phenoxy) is 2. The predicted molar refractivity (Wildman–Crippen MR) is 254 cm³/mol. The van der Waals surface area contributed by atoms with Gasteiger partial charge in [-0.2, -0.15) is 0 Å². The number of aliphatic hydroxyl groups is 2. The molecule has 2 aromatic carbocycles. The van der Waals surface area contributed by atoms with Crippen LogP contribution in [0.5, 0.6) is 23.0 Å². The number of aliphatic hydroxyl groups excluding tert-OH is 2. The van der Waals surface area contributed by atoms with Crippen molar-refractivity contribution < 1.29 is 49.1 Å². The number of benzene rings is 2. The van der Waals surface area contributed by atoms with E-state index in [1.807, 2.05) is 13.8 Å². The van der Waals surface area contributed by atoms with Crippen molar-refractivity contribution in [2.45, 2.75) is 175 Å². The van der Waals surface area contributed by atoms with Crippen molar-refractivity contribution in [3.05, 3.63) is 92.1 Å². The van der Waals surface area contributed by atoms with Gasteiger partial charge in [-0.1, -0.05) is 46.6 Å². The molecular weight excluding hydrogens is 839 g/mol. The summed E-state index contributed by atoms with van der Waals surface area (Å²) in [6, 6.07) is 1.88. The molecule has 360 valence electrons. The van der Waals surface area contributed by atoms with Crippen LogP contribution in [0.2, 0.25) is 0 Å². The Morgan fingerprint density at radius 1 is 0.758 bits per heavy atom. The van der Waals surface area contributed by atoms with E-state index in [1.165, 1.54) is 53.5 Å². The third-order valence-electron chi connectivity index (χ3n) is 14.1. The normalized spacial score (nSPS) is 22.8. The van der Waals surface area contributed by atoms with Gasteiger partial charge in [-0.3, -0.25) is 19.2 Å². The van der Waals surface area contributed by atoms with E-state index in [-0.39, 0.29) is 61.9 Å². The molecular formula is C53H73N3O10. The Bertz CT molecular complexity index is 2300. The zero-order valence-corrected chi connectivity index (χ0v) is 40.9. The monoisotopic (exact) mass is 912 g/mol. The van der Waals surface area contributed by atoms with Crippen molar-refractivity contribution in [2.75, 3.05) is 20.7 Å². The summed E-state index contributed by atoms with van der Waals surface area (Å²) in [6.45, 7) is 16.8. The highest BCUT2D eigenvalue weighted by Crippen LogP contribution is 2.48. The van der Waals surface area contributed by atoms with Crippen LogP contribution in [-0.4, -0.2) is 103 Å². The minimum atomic E-state index is -0.992. The van der Waals surface area contributed by atoms with Crippen LogP contribution in [0.3, 0.4) is 0 Å². The SMILES string of the molecule is CON(C)C(=O)[C@H](CCCN1Cc2c(cc(O)c3c2O[C@](C)(CC/C=C(\C)CCC=C(C)C)[C@@H](O)C3)C1=O)N1Cc2c(cc(O)c3c2O[C@](C)(CC/C=C(\C)CCC=C(C)C)[C@@H](O)C3)C1=O. The maximum absolute atomic E-state index is 14.3. The number of phenols is 2. The maximum atomic E-state index is 14.3. The van der Waals surface area contributed by atoms with Gasteiger partial charge < -0.3 is 39.7 Å². The molecule has 4 N–H and O–H groups in total. The Kier molecular flexibility index (Phi) is 15.9. The Hall–Kier alpha value is -5.11. The van der Waals surface area contributed by atoms with Crippen LogP contribution in [-0.2, 0) is 35.6 Å². The smallest absolute Gasteiger partial charge is 0.268 e. The number of nitrogens with zero attached hydrogens (tertiary/aromatic N) is 3. The standard InChI is InChI=1S/C53H73N3O10/c1-32(2)16-11-18-34(5)20-13-23-52(7)45(59)28-38-43(57)26-36-40(47(38)65-52)30-55(49(36)61)25-15-22-42(51(63)54(9)64-10)56-31-41-37(50(56)62)27-44(58)39-29-46(60)53(8,66-48(39)41)24-14-21-35(6)19-12-17-33(3)4/h16-17,20-21,26-27,42,45-46,57-60H,11-15,18-19,22-25,28-31H2,1-10H3/b34-20+,35-21+/t42-,45-,46-,52+,53+/m0/s1. The van der Waals surface area contributed by atoms with Gasteiger partial charge in [-0.15, -0.1) is 0 Å². The minimum absolute atomic E-state index is 0.0347. The quantitative estimate of drug-likeness (QED) is 0.0789. The van der Waals surface area contributed by atoms with Crippen molar-refractivity contribution in [2.24, 2.45) is 0 Å². The molecule has 0 radical (unpaired) electrons. The van der Waals surface area contributed by atoms with Crippen LogP contribution >= 0.6 is 0 Å². The molecule has 5 atom stereocenters. The molecule has 4 aliphatic rings. The van der Waals surface area contributed by atoms with Gasteiger partial charge in [0.25, 0.3) is 17.7 Å². The number of aromatic hydroxyl groups is 2. The van der Waals surface area contributed by atoms with E-state index in [2.05, 4.69) is 65.8 Å². The third-order valence-corrected chi connectivity index (χ3v) is 14.1. The number of hydroxylamine groups is 2. The van der Waals surface area contributed by atoms with Gasteiger partial charge in [-0.05, 0) is 132 Å². The van der Waals surface area contributed by atoms with Gasteiger partial charge in [0, 0.05) is 48.7 Å². The van der Waals surface area contributed by atoms with Gasteiger partial charge >= 0.3 is 0 Å². The fourth-order valence-corrected chi connectivity index (χ4v) is 9.70. The molecule has 4 aliphatic heterocycles. The summed E-state index contributed by atoms with van der Waals surface area (Å²) < 4.78 is 13.2. The van der Waals surface area contributed by atoms with Crippen molar-refractivity contribution in [1.29, 1.82) is 0 Å². The molecule has 3 amide bonds. The van der Waals surface area contributed by atoms with Crippen molar-refractivity contribution >= 4 is 17.7 Å². The summed E-state index contributed by atoms with van der Waals surface area (Å²) in [7, 11) is 2.85. The van der Waals surface area contributed by atoms with E-state index >= 15 is 0 Å². The first-order valence-electron chi connectivity index (χ1n) is 23.7. The molecule has 13 nitrogen and oxygen atoms in total. The first kappa shape index (κ1) is 50.3. The number of hydrogen-bond acceptors (Lipinski definition) is 10. The second-order valence-electron chi connectivity index (χ2n) is 19.9. The summed E-state index contributed by atoms with van der Waals surface area (Å²) >= 11 is 0. The molecule has 0 spiro atoms. The van der Waals surface area contributed by atoms with E-state index in [0.29, 0.717) is 71.4 Å². The average Bonchev–Trinajstić information content (AvgIpc) is 3.74. The molecule has 13 heteroatoms. The molecule has 0 aliphatic carbocycles. The van der Waals surface area contributed by atoms with Crippen molar-refractivity contribution in [3.63, 3.8) is 0 Å². The number of allylic oxidation sites excluding steroid dienone is 8. The summed E-state index contributed by atoms with van der Waals surface area (Å²) in [5.74, 6) is -0.626. The number of rotatable bonds is 19. The van der Waals surface area contributed by atoms with Crippen molar-refractivity contribution in [1.82, 2.24) is 14.9 Å². The lowest BCUT2D eigenvalue weighted by Crippen LogP contribution is -2.49. The molecule has 66 heavy (non-hydrogen) atoms. The highest BCUT2D eigenvalue weighted by atomic mass is 16.7. The molecule has 0 fully saturated rings. The summed E-state index contributed by atoms with van der Waals surface area (Å²) in [5.41, 5.74) is 5.84. The molecule has 0 unspecified atom stereocenters. The fraction of sp³-hybridized carbons (Fsp3) is 0.566. The molecule has 4 heterocycles. The van der Waals surface area contributed by atoms with E-state index in [0.717, 1.165) is 30.7 Å². The maximum Gasteiger partial charge on any atom is 0.268 e. The zero-order valence-electron chi connectivity index (χ0n) is 40.9. The van der Waals surface area contributed by atoms with E-state index in [4.69, 9.17) is 14.3 Å². The van der Waals surface area contributed by atoms with Crippen LogP contribution in [0, 0.1) is 0 Å². The summed E-state index contributed by atoms with van der Waals surface area (Å²) in [6.07, 6.45) is 14.1. The highest BCUT2D eigenvalue weighted by Gasteiger charge is 2.47. The molecule has 6 rings (SSSR count). The molecule has 0 bridgehead atoms. The second kappa shape index (κ2) is 20.8. The lowest BCUT2D eigenvalue weighted by Gasteiger charge is -2.41. The Labute approximate surface area is 391 Å². The van der Waals surface area contributed by atoms with E-state index in [1.54, 1.807) is 4.90 Å². The van der Waals surface area contributed by atoms with Crippen LogP contribution in [0.1, 0.15) is 163 Å². The largest absolute Gasteiger partial charge is 0.508 e. The number of carbonyl (C=O) groups excluding carboxylic acids is 3. The number of fused-ring (bicyclic) bond motifs is 6. The van der Waals surface area contributed by atoms with Gasteiger partial charge in [0.1, 0.15) is 40.2 Å². The van der Waals surface area contributed by atoms with Crippen LogP contribution in [0.15, 0.2) is 58.7 Å². The lowest BCUT2D eigenvalue weighted by atomic mass is 9.84. The Balaban J connectivity index is 1.15. The van der Waals surface area contributed by atoms with Gasteiger partial charge in [0.15, 0.2) is 0 Å². The lowest BCUT2D eigenvalue weighted by molar-refractivity contribution is -0.174. The zero-order chi connectivity index (χ0) is 48.2. The molecule has 0 saturated carbocycles. The molecule has 0 aromatic heterocycles. The Morgan fingerprint density at radius 2 is 1.23 bits per heavy atom. The summed E-state index contributed by atoms with van der Waals surface area (Å²) in [5, 5.41) is 46.0. The fourth-order valence-electron chi connectivity index (χ4n) is 9.70. The number of likely N-dealkylation sites (N-methyl/N-ethyl adjacent to an activating group) is 1. The van der Waals surface area contributed by atoms with Crippen LogP contribution in [0.4, 0.5) is 0 Å². The number of hydrogen-bond donors (Lipinski definition) is 4. The number of carbonyl (C=O) groups is 3. The predicted octanol–water partition coefficient (Wildman–Crippen LogP) is 8.93. The van der Waals surface area contributed by atoms with Crippen LogP contribution < -0.4 is 9.47 Å². The third kappa shape index (κ3) is 10.8. The number of amides is 3. The van der Waals surface area contributed by atoms with Crippen LogP contribution in [0.25, 0.3) is 0 Å². The first-order chi connectivity index (χ1) is 31.2. The minimum Gasteiger partial charge on any atom is -0.508 e. The highest BCUT2D eigenvalue weighted by molar-refractivity contribution is 6.02. The van der Waals surface area contributed by atoms with E-state index in [9.17, 15) is 34.8 Å². The Morgan fingerprint density at radius 3 is 1.70 bits per heavy atom. The molecule has 0 saturated heterocycles. The summed E-state index contributed by atoms with van der Waals surface area (Å²) in [4.78, 5) is 50.7. The average molecular weight is 912 g/mol. The number of phenolic OH excluding ortho intramolecular Hbond substituents is 2. The second-order valence-corrected chi connectivity index (χ2v) is 19.9. The van der Waals surface area contributed by atoms with Gasteiger partial charge in [-0.25, -0.2) is 5.06 Å². The first-order valence-corrected chi connectivity index (χ1v) is 23.7. The van der Waals surface area contributed by atoms with Crippen molar-refractivity contribution in [3.8, 4) is 23.0 Å².